The lowest BCUT2D eigenvalue weighted by Crippen LogP contribution is -2.47. The third-order valence-corrected chi connectivity index (χ3v) is 3.23. The minimum atomic E-state index is 0.311. The van der Waals surface area contributed by atoms with Crippen LogP contribution in [0.4, 0.5) is 0 Å². The summed E-state index contributed by atoms with van der Waals surface area (Å²) in [5.74, 6) is 0.476. The number of aryl methyl sites for hydroxylation is 1. The van der Waals surface area contributed by atoms with Crippen LogP contribution in [0.3, 0.4) is 0 Å². The Bertz CT molecular complexity index is 347. The highest BCUT2D eigenvalue weighted by Crippen LogP contribution is 2.22. The highest BCUT2D eigenvalue weighted by molar-refractivity contribution is 6.30. The Balaban J connectivity index is 1.97. The monoisotopic (exact) mass is 225 g/mol. The van der Waals surface area contributed by atoms with Gasteiger partial charge < -0.3 is 5.11 Å². The Labute approximate surface area is 95.5 Å². The Morgan fingerprint density at radius 3 is 2.87 bits per heavy atom. The molecular formula is C12H16ClNO. The molecule has 0 spiro atoms. The van der Waals surface area contributed by atoms with Crippen LogP contribution < -0.4 is 0 Å². The van der Waals surface area contributed by atoms with E-state index in [1.54, 1.807) is 0 Å². The summed E-state index contributed by atoms with van der Waals surface area (Å²) in [6.45, 7) is 5.37. The van der Waals surface area contributed by atoms with Gasteiger partial charge in [0, 0.05) is 37.2 Å². The second kappa shape index (κ2) is 4.52. The number of halogens is 1. The van der Waals surface area contributed by atoms with Gasteiger partial charge in [-0.05, 0) is 30.2 Å². The molecule has 1 aromatic carbocycles. The fourth-order valence-electron chi connectivity index (χ4n) is 1.97. The van der Waals surface area contributed by atoms with Gasteiger partial charge in [-0.1, -0.05) is 17.7 Å². The molecule has 1 aliphatic heterocycles. The first-order chi connectivity index (χ1) is 7.19. The first-order valence-electron chi connectivity index (χ1n) is 5.27. The summed E-state index contributed by atoms with van der Waals surface area (Å²) in [7, 11) is 0. The summed E-state index contributed by atoms with van der Waals surface area (Å²) < 4.78 is 0. The maximum Gasteiger partial charge on any atom is 0.0483 e. The van der Waals surface area contributed by atoms with E-state index < -0.39 is 0 Å². The Kier molecular flexibility index (Phi) is 3.29. The van der Waals surface area contributed by atoms with Crippen molar-refractivity contribution in [1.29, 1.82) is 0 Å². The maximum absolute atomic E-state index is 8.92. The minimum absolute atomic E-state index is 0.311. The van der Waals surface area contributed by atoms with Crippen molar-refractivity contribution in [2.45, 2.75) is 13.5 Å². The van der Waals surface area contributed by atoms with Crippen molar-refractivity contribution in [3.05, 3.63) is 34.3 Å². The number of likely N-dealkylation sites (tertiary alicyclic amines) is 1. The molecule has 1 N–H and O–H groups in total. The third kappa shape index (κ3) is 2.51. The summed E-state index contributed by atoms with van der Waals surface area (Å²) in [5.41, 5.74) is 2.57. The van der Waals surface area contributed by atoms with Gasteiger partial charge >= 0.3 is 0 Å². The lowest BCUT2D eigenvalue weighted by Gasteiger charge is -2.38. The van der Waals surface area contributed by atoms with E-state index in [0.717, 1.165) is 24.7 Å². The van der Waals surface area contributed by atoms with Gasteiger partial charge in [-0.2, -0.15) is 0 Å². The number of hydrogen-bond acceptors (Lipinski definition) is 2. The van der Waals surface area contributed by atoms with Gasteiger partial charge in [-0.3, -0.25) is 4.90 Å². The summed E-state index contributed by atoms with van der Waals surface area (Å²) >= 11 is 5.96. The van der Waals surface area contributed by atoms with Crippen LogP contribution in [0.2, 0.25) is 5.02 Å². The number of rotatable bonds is 3. The molecule has 0 amide bonds. The van der Waals surface area contributed by atoms with Crippen LogP contribution in [0.25, 0.3) is 0 Å². The zero-order valence-corrected chi connectivity index (χ0v) is 9.67. The molecular weight excluding hydrogens is 210 g/mol. The molecule has 2 rings (SSSR count). The quantitative estimate of drug-likeness (QED) is 0.852. The zero-order valence-electron chi connectivity index (χ0n) is 8.91. The molecule has 3 heteroatoms. The minimum Gasteiger partial charge on any atom is -0.396 e. The molecule has 1 aromatic rings. The van der Waals surface area contributed by atoms with Crippen molar-refractivity contribution in [3.8, 4) is 0 Å². The predicted molar refractivity (Wildman–Crippen MR) is 62.0 cm³/mol. The maximum atomic E-state index is 8.92. The molecule has 0 aliphatic carbocycles. The van der Waals surface area contributed by atoms with E-state index in [4.69, 9.17) is 16.7 Å². The van der Waals surface area contributed by atoms with Crippen LogP contribution in [-0.4, -0.2) is 29.7 Å². The molecule has 1 aliphatic rings. The Morgan fingerprint density at radius 2 is 2.20 bits per heavy atom. The molecule has 0 saturated carbocycles. The molecule has 0 aromatic heterocycles. The van der Waals surface area contributed by atoms with Crippen molar-refractivity contribution in [2.24, 2.45) is 5.92 Å². The van der Waals surface area contributed by atoms with Crippen LogP contribution in [0.5, 0.6) is 0 Å². The van der Waals surface area contributed by atoms with Gasteiger partial charge in [0.1, 0.15) is 0 Å². The van der Waals surface area contributed by atoms with E-state index in [1.165, 1.54) is 11.1 Å². The van der Waals surface area contributed by atoms with Gasteiger partial charge in [0.2, 0.25) is 0 Å². The van der Waals surface area contributed by atoms with E-state index in [9.17, 15) is 0 Å². The van der Waals surface area contributed by atoms with Gasteiger partial charge in [0.15, 0.2) is 0 Å². The summed E-state index contributed by atoms with van der Waals surface area (Å²) in [4.78, 5) is 2.33. The highest BCUT2D eigenvalue weighted by atomic mass is 35.5. The lowest BCUT2D eigenvalue weighted by atomic mass is 9.99. The number of hydrogen-bond donors (Lipinski definition) is 1. The number of aliphatic hydroxyl groups excluding tert-OH is 1. The summed E-state index contributed by atoms with van der Waals surface area (Å²) in [6, 6.07) is 6.01. The van der Waals surface area contributed by atoms with Gasteiger partial charge in [-0.25, -0.2) is 0 Å². The lowest BCUT2D eigenvalue weighted by molar-refractivity contribution is 0.0478. The van der Waals surface area contributed by atoms with Crippen molar-refractivity contribution in [1.82, 2.24) is 4.90 Å². The molecule has 0 radical (unpaired) electrons. The smallest absolute Gasteiger partial charge is 0.0483 e. The van der Waals surface area contributed by atoms with Crippen molar-refractivity contribution in [3.63, 3.8) is 0 Å². The number of aliphatic hydroxyl groups is 1. The van der Waals surface area contributed by atoms with Gasteiger partial charge in [0.25, 0.3) is 0 Å². The molecule has 0 atom stereocenters. The summed E-state index contributed by atoms with van der Waals surface area (Å²) in [6.07, 6.45) is 0. The third-order valence-electron chi connectivity index (χ3n) is 3.00. The molecule has 15 heavy (non-hydrogen) atoms. The van der Waals surface area contributed by atoms with Gasteiger partial charge in [-0.15, -0.1) is 0 Å². The van der Waals surface area contributed by atoms with E-state index in [-0.39, 0.29) is 0 Å². The number of nitrogens with zero attached hydrogens (tertiary/aromatic N) is 1. The fraction of sp³-hybridized carbons (Fsp3) is 0.500. The van der Waals surface area contributed by atoms with Crippen molar-refractivity contribution >= 4 is 11.6 Å². The van der Waals surface area contributed by atoms with Gasteiger partial charge in [0.05, 0.1) is 0 Å². The zero-order chi connectivity index (χ0) is 10.8. The summed E-state index contributed by atoms with van der Waals surface area (Å²) in [5, 5.41) is 9.72. The molecule has 0 unspecified atom stereocenters. The van der Waals surface area contributed by atoms with Crippen LogP contribution in [0.1, 0.15) is 11.1 Å². The first-order valence-corrected chi connectivity index (χ1v) is 5.65. The average Bonchev–Trinajstić information content (AvgIpc) is 2.16. The van der Waals surface area contributed by atoms with E-state index in [1.807, 2.05) is 12.1 Å². The highest BCUT2D eigenvalue weighted by Gasteiger charge is 2.25. The van der Waals surface area contributed by atoms with E-state index in [2.05, 4.69) is 17.9 Å². The van der Waals surface area contributed by atoms with Crippen LogP contribution in [-0.2, 0) is 6.54 Å². The molecule has 82 valence electrons. The van der Waals surface area contributed by atoms with Crippen LogP contribution >= 0.6 is 11.6 Å². The Morgan fingerprint density at radius 1 is 1.47 bits per heavy atom. The second-order valence-corrected chi connectivity index (χ2v) is 4.75. The molecule has 1 heterocycles. The second-order valence-electron chi connectivity index (χ2n) is 4.31. The van der Waals surface area contributed by atoms with Crippen LogP contribution in [0, 0.1) is 12.8 Å². The number of benzene rings is 1. The predicted octanol–water partition coefficient (Wildman–Crippen LogP) is 2.07. The standard InChI is InChI=1S/C12H16ClNO/c1-9-2-3-12(13)4-11(9)7-14-5-10(6-14)8-15/h2-4,10,15H,5-8H2,1H3. The van der Waals surface area contributed by atoms with E-state index in [0.29, 0.717) is 12.5 Å². The molecule has 1 fully saturated rings. The van der Waals surface area contributed by atoms with E-state index >= 15 is 0 Å². The topological polar surface area (TPSA) is 23.5 Å². The Hall–Kier alpha value is -0.570. The SMILES string of the molecule is Cc1ccc(Cl)cc1CN1CC(CO)C1. The van der Waals surface area contributed by atoms with Crippen LogP contribution in [0.15, 0.2) is 18.2 Å². The fourth-order valence-corrected chi connectivity index (χ4v) is 2.17. The molecule has 1 saturated heterocycles. The first kappa shape index (κ1) is 10.9. The molecule has 2 nitrogen and oxygen atoms in total. The largest absolute Gasteiger partial charge is 0.396 e. The van der Waals surface area contributed by atoms with Crippen molar-refractivity contribution < 1.29 is 5.11 Å². The normalized spacial score (nSPS) is 17.8. The molecule has 0 bridgehead atoms. The average molecular weight is 226 g/mol. The van der Waals surface area contributed by atoms with Crippen molar-refractivity contribution in [2.75, 3.05) is 19.7 Å².